The van der Waals surface area contributed by atoms with E-state index in [1.54, 1.807) is 0 Å². The highest BCUT2D eigenvalue weighted by atomic mass is 16.8. The van der Waals surface area contributed by atoms with Crippen molar-refractivity contribution in [1.82, 2.24) is 0 Å². The fourth-order valence-electron chi connectivity index (χ4n) is 6.29. The topological polar surface area (TPSA) is 113 Å². The van der Waals surface area contributed by atoms with Gasteiger partial charge in [0.1, 0.15) is 0 Å². The molecule has 280 valence electrons. The predicted molar refractivity (Wildman–Crippen MR) is 194 cm³/mol. The maximum Gasteiger partial charge on any atom is 0.357 e. The van der Waals surface area contributed by atoms with Crippen molar-refractivity contribution in [3.8, 4) is 0 Å². The molecule has 7 nitrogen and oxygen atoms in total. The molecule has 0 unspecified atom stereocenters. The summed E-state index contributed by atoms with van der Waals surface area (Å²) in [6.07, 6.45) is 36.3. The van der Waals surface area contributed by atoms with Crippen molar-refractivity contribution in [1.29, 1.82) is 0 Å². The van der Waals surface area contributed by atoms with Crippen molar-refractivity contribution in [2.45, 2.75) is 244 Å². The van der Waals surface area contributed by atoms with Gasteiger partial charge in [0.2, 0.25) is 0 Å². The van der Waals surface area contributed by atoms with E-state index in [2.05, 4.69) is 13.8 Å². The molecular formula is C40H78O7. The molecule has 0 rings (SSSR count). The standard InChI is InChI=1S/C40H78O7/c1-4-7-9-11-13-15-17-19-21-23-25-27-29-31-33-35-37(41)46-39(6-3,40(43,44)45)47-38(42)36-34-32-30-28-26-24-22-20-18-16-14-12-10-8-5-2/h43-45H,4-36H2,1-3H3. The van der Waals surface area contributed by atoms with E-state index in [1.807, 2.05) is 0 Å². The van der Waals surface area contributed by atoms with Crippen LogP contribution in [0, 0.1) is 0 Å². The summed E-state index contributed by atoms with van der Waals surface area (Å²) in [6, 6.07) is 0. The van der Waals surface area contributed by atoms with Gasteiger partial charge in [0.25, 0.3) is 0 Å². The number of unbranched alkanes of at least 4 members (excludes halogenated alkanes) is 28. The number of esters is 2. The highest BCUT2D eigenvalue weighted by Crippen LogP contribution is 2.30. The normalized spacial score (nSPS) is 12.0. The van der Waals surface area contributed by atoms with Crippen LogP contribution in [0.4, 0.5) is 0 Å². The van der Waals surface area contributed by atoms with E-state index < -0.39 is 23.7 Å². The monoisotopic (exact) mass is 671 g/mol. The van der Waals surface area contributed by atoms with E-state index in [1.165, 1.54) is 148 Å². The van der Waals surface area contributed by atoms with Crippen LogP contribution in [0.2, 0.25) is 0 Å². The minimum Gasteiger partial charge on any atom is -0.414 e. The molecule has 0 radical (unpaired) electrons. The highest BCUT2D eigenvalue weighted by Gasteiger charge is 2.55. The molecule has 0 saturated heterocycles. The zero-order valence-electron chi connectivity index (χ0n) is 31.3. The summed E-state index contributed by atoms with van der Waals surface area (Å²) in [5.41, 5.74) is 0. The van der Waals surface area contributed by atoms with Crippen LogP contribution in [0.3, 0.4) is 0 Å². The summed E-state index contributed by atoms with van der Waals surface area (Å²) in [4.78, 5) is 25.1. The van der Waals surface area contributed by atoms with Gasteiger partial charge in [-0.2, -0.15) is 0 Å². The lowest BCUT2D eigenvalue weighted by molar-refractivity contribution is -0.445. The average molecular weight is 671 g/mol. The molecule has 7 heteroatoms. The Balaban J connectivity index is 4.01. The first-order valence-corrected chi connectivity index (χ1v) is 20.3. The molecule has 0 aromatic carbocycles. The van der Waals surface area contributed by atoms with Gasteiger partial charge in [0.05, 0.1) is 0 Å². The molecule has 0 fully saturated rings. The van der Waals surface area contributed by atoms with E-state index in [0.717, 1.165) is 38.5 Å². The molecule has 0 aliphatic rings. The fraction of sp³-hybridized carbons (Fsp3) is 0.950. The highest BCUT2D eigenvalue weighted by molar-refractivity contribution is 5.72. The zero-order chi connectivity index (χ0) is 34.9. The van der Waals surface area contributed by atoms with Crippen LogP contribution >= 0.6 is 0 Å². The number of hydrogen-bond acceptors (Lipinski definition) is 7. The Morgan fingerprint density at radius 2 is 0.596 bits per heavy atom. The first kappa shape index (κ1) is 45.8. The van der Waals surface area contributed by atoms with Crippen molar-refractivity contribution in [3.05, 3.63) is 0 Å². The van der Waals surface area contributed by atoms with Gasteiger partial charge >= 0.3 is 23.7 Å². The summed E-state index contributed by atoms with van der Waals surface area (Å²) in [7, 11) is 0. The van der Waals surface area contributed by atoms with Gasteiger partial charge in [-0.3, -0.25) is 9.59 Å². The van der Waals surface area contributed by atoms with Crippen LogP contribution in [-0.4, -0.2) is 39.0 Å². The number of aliphatic hydroxyl groups is 3. The smallest absolute Gasteiger partial charge is 0.357 e. The van der Waals surface area contributed by atoms with Crippen LogP contribution < -0.4 is 0 Å². The molecule has 0 aromatic heterocycles. The number of hydrogen-bond donors (Lipinski definition) is 3. The molecule has 0 saturated carbocycles. The molecule has 0 aliphatic heterocycles. The van der Waals surface area contributed by atoms with Gasteiger partial charge in [-0.25, -0.2) is 0 Å². The van der Waals surface area contributed by atoms with E-state index in [9.17, 15) is 24.9 Å². The molecule has 0 atom stereocenters. The number of rotatable bonds is 36. The molecular weight excluding hydrogens is 592 g/mol. The lowest BCUT2D eigenvalue weighted by Gasteiger charge is -2.37. The summed E-state index contributed by atoms with van der Waals surface area (Å²) in [6.45, 7) is 5.98. The van der Waals surface area contributed by atoms with E-state index >= 15 is 0 Å². The minimum atomic E-state index is -3.49. The third-order valence-electron chi connectivity index (χ3n) is 9.50. The third kappa shape index (κ3) is 27.3. The van der Waals surface area contributed by atoms with Crippen molar-refractivity contribution in [3.63, 3.8) is 0 Å². The average Bonchev–Trinajstić information content (AvgIpc) is 3.03. The quantitative estimate of drug-likeness (QED) is 0.0345. The van der Waals surface area contributed by atoms with Crippen molar-refractivity contribution >= 4 is 11.9 Å². The molecule has 0 aromatic rings. The fourth-order valence-corrected chi connectivity index (χ4v) is 6.29. The minimum absolute atomic E-state index is 0.0622. The Morgan fingerprint density at radius 1 is 0.383 bits per heavy atom. The van der Waals surface area contributed by atoms with Gasteiger partial charge in [-0.05, 0) is 12.8 Å². The van der Waals surface area contributed by atoms with Crippen LogP contribution in [0.5, 0.6) is 0 Å². The largest absolute Gasteiger partial charge is 0.414 e. The van der Waals surface area contributed by atoms with Crippen LogP contribution in [0.25, 0.3) is 0 Å². The third-order valence-corrected chi connectivity index (χ3v) is 9.50. The summed E-state index contributed by atoms with van der Waals surface area (Å²) < 4.78 is 10.5. The Morgan fingerprint density at radius 3 is 0.787 bits per heavy atom. The molecule has 0 amide bonds. The SMILES string of the molecule is CCCCCCCCCCCCCCCCCC(=O)OC(CC)(OC(=O)CCCCCCCCCCCCCCCCC)C(O)(O)O. The second-order valence-electron chi connectivity index (χ2n) is 14.1. The molecule has 0 bridgehead atoms. The number of ether oxygens (including phenoxy) is 2. The van der Waals surface area contributed by atoms with Gasteiger partial charge in [-0.15, -0.1) is 0 Å². The Kier molecular flexibility index (Phi) is 31.2. The molecule has 47 heavy (non-hydrogen) atoms. The van der Waals surface area contributed by atoms with E-state index in [0.29, 0.717) is 12.8 Å². The molecule has 0 spiro atoms. The molecule has 3 N–H and O–H groups in total. The van der Waals surface area contributed by atoms with Gasteiger partial charge in [-0.1, -0.05) is 201 Å². The second-order valence-corrected chi connectivity index (χ2v) is 14.1. The van der Waals surface area contributed by atoms with Crippen LogP contribution in [-0.2, 0) is 19.1 Å². The lowest BCUT2D eigenvalue weighted by Crippen LogP contribution is -2.59. The number of carbonyl (C=O) groups is 2. The van der Waals surface area contributed by atoms with Crippen molar-refractivity contribution in [2.24, 2.45) is 0 Å². The number of carbonyl (C=O) groups excluding carboxylic acids is 2. The first-order valence-electron chi connectivity index (χ1n) is 20.3. The summed E-state index contributed by atoms with van der Waals surface area (Å²) >= 11 is 0. The first-order chi connectivity index (χ1) is 22.7. The second kappa shape index (κ2) is 32.0. The Bertz CT molecular complexity index is 655. The summed E-state index contributed by atoms with van der Waals surface area (Å²) in [5.74, 6) is -7.46. The van der Waals surface area contributed by atoms with Crippen LogP contribution in [0.1, 0.15) is 233 Å². The predicted octanol–water partition coefficient (Wildman–Crippen LogP) is 11.3. The van der Waals surface area contributed by atoms with Gasteiger partial charge in [0, 0.05) is 19.3 Å². The lowest BCUT2D eigenvalue weighted by atomic mass is 10.0. The van der Waals surface area contributed by atoms with Crippen molar-refractivity contribution in [2.75, 3.05) is 0 Å². The van der Waals surface area contributed by atoms with E-state index in [-0.39, 0.29) is 19.3 Å². The summed E-state index contributed by atoms with van der Waals surface area (Å²) in [5, 5.41) is 30.0. The maximum absolute atomic E-state index is 12.5. The van der Waals surface area contributed by atoms with Gasteiger partial charge < -0.3 is 24.8 Å². The zero-order valence-corrected chi connectivity index (χ0v) is 31.3. The Labute approximate surface area is 290 Å². The van der Waals surface area contributed by atoms with Crippen LogP contribution in [0.15, 0.2) is 0 Å². The Hall–Kier alpha value is -1.18. The van der Waals surface area contributed by atoms with E-state index in [4.69, 9.17) is 9.47 Å². The van der Waals surface area contributed by atoms with Gasteiger partial charge in [0.15, 0.2) is 0 Å². The maximum atomic E-state index is 12.5. The van der Waals surface area contributed by atoms with Crippen molar-refractivity contribution < 1.29 is 34.4 Å². The molecule has 0 heterocycles. The molecule has 0 aliphatic carbocycles.